The van der Waals surface area contributed by atoms with Crippen LogP contribution in [0.4, 0.5) is 5.82 Å². The third-order valence-corrected chi connectivity index (χ3v) is 5.76. The number of aromatic nitrogens is 1. The third-order valence-electron chi connectivity index (χ3n) is 5.76. The largest absolute Gasteiger partial charge is 0.378 e. The second-order valence-corrected chi connectivity index (χ2v) is 8.22. The molecule has 1 aromatic heterocycles. The Morgan fingerprint density at radius 1 is 1.21 bits per heavy atom. The van der Waals surface area contributed by atoms with E-state index in [-0.39, 0.29) is 24.0 Å². The van der Waals surface area contributed by atoms with Crippen LogP contribution < -0.4 is 10.2 Å². The highest BCUT2D eigenvalue weighted by atomic mass is 127. The SMILES string of the molecule is CCNC(=NCc1cccc(N(C)C)n1)N1CCC(OCC2CCCC2)CC1.I. The molecule has 29 heavy (non-hydrogen) atoms. The zero-order valence-electron chi connectivity index (χ0n) is 18.3. The van der Waals surface area contributed by atoms with E-state index in [1.807, 2.05) is 37.2 Å². The number of likely N-dealkylation sites (tertiary alicyclic amines) is 1. The van der Waals surface area contributed by atoms with Gasteiger partial charge in [0.2, 0.25) is 0 Å². The lowest BCUT2D eigenvalue weighted by molar-refractivity contribution is 0.00101. The van der Waals surface area contributed by atoms with Gasteiger partial charge in [0.1, 0.15) is 5.82 Å². The normalized spacial score (nSPS) is 18.6. The first-order valence-electron chi connectivity index (χ1n) is 10.9. The summed E-state index contributed by atoms with van der Waals surface area (Å²) in [5, 5.41) is 3.45. The van der Waals surface area contributed by atoms with Crippen LogP contribution in [0.25, 0.3) is 0 Å². The van der Waals surface area contributed by atoms with Gasteiger partial charge in [-0.3, -0.25) is 0 Å². The Hall–Kier alpha value is -1.09. The number of piperidine rings is 1. The zero-order valence-corrected chi connectivity index (χ0v) is 20.6. The number of nitrogens with zero attached hydrogens (tertiary/aromatic N) is 4. The number of ether oxygens (including phenoxy) is 1. The third kappa shape index (κ3) is 7.59. The highest BCUT2D eigenvalue weighted by Gasteiger charge is 2.23. The molecule has 2 aliphatic rings. The summed E-state index contributed by atoms with van der Waals surface area (Å²) in [7, 11) is 4.02. The lowest BCUT2D eigenvalue weighted by atomic mass is 10.1. The Morgan fingerprint density at radius 2 is 1.93 bits per heavy atom. The molecule has 0 bridgehead atoms. The van der Waals surface area contributed by atoms with E-state index >= 15 is 0 Å². The highest BCUT2D eigenvalue weighted by molar-refractivity contribution is 14.0. The Kier molecular flexibility index (Phi) is 10.5. The van der Waals surface area contributed by atoms with Crippen molar-refractivity contribution in [1.82, 2.24) is 15.2 Å². The molecule has 1 aliphatic carbocycles. The van der Waals surface area contributed by atoms with E-state index in [1.54, 1.807) is 0 Å². The number of hydrogen-bond acceptors (Lipinski definition) is 4. The first-order valence-corrected chi connectivity index (χ1v) is 10.9. The van der Waals surface area contributed by atoms with Gasteiger partial charge in [-0.2, -0.15) is 0 Å². The molecule has 1 saturated heterocycles. The smallest absolute Gasteiger partial charge is 0.194 e. The Balaban J connectivity index is 0.00000300. The van der Waals surface area contributed by atoms with Crippen molar-refractivity contribution < 1.29 is 4.74 Å². The average molecular weight is 515 g/mol. The van der Waals surface area contributed by atoms with Gasteiger partial charge >= 0.3 is 0 Å². The minimum absolute atomic E-state index is 0. The van der Waals surface area contributed by atoms with Crippen molar-refractivity contribution in [3.05, 3.63) is 23.9 Å². The molecule has 0 radical (unpaired) electrons. The van der Waals surface area contributed by atoms with Gasteiger partial charge in [0.25, 0.3) is 0 Å². The first kappa shape index (κ1) is 24.2. The molecule has 2 heterocycles. The van der Waals surface area contributed by atoms with E-state index < -0.39 is 0 Å². The van der Waals surface area contributed by atoms with Crippen molar-refractivity contribution in [2.45, 2.75) is 58.1 Å². The fraction of sp³-hybridized carbons (Fsp3) is 0.727. The van der Waals surface area contributed by atoms with E-state index in [2.05, 4.69) is 22.1 Å². The minimum Gasteiger partial charge on any atom is -0.378 e. The molecule has 0 aromatic carbocycles. The van der Waals surface area contributed by atoms with Gasteiger partial charge in [-0.15, -0.1) is 24.0 Å². The van der Waals surface area contributed by atoms with Gasteiger partial charge in [0.15, 0.2) is 5.96 Å². The highest BCUT2D eigenvalue weighted by Crippen LogP contribution is 2.26. The number of aliphatic imine (C=N–C) groups is 1. The average Bonchev–Trinajstić information content (AvgIpc) is 3.24. The van der Waals surface area contributed by atoms with Crippen LogP contribution >= 0.6 is 24.0 Å². The van der Waals surface area contributed by atoms with Crippen LogP contribution in [-0.4, -0.2) is 62.3 Å². The van der Waals surface area contributed by atoms with Crippen LogP contribution in [0, 0.1) is 5.92 Å². The number of pyridine rings is 1. The molecule has 1 aliphatic heterocycles. The monoisotopic (exact) mass is 515 g/mol. The summed E-state index contributed by atoms with van der Waals surface area (Å²) >= 11 is 0. The Morgan fingerprint density at radius 3 is 2.59 bits per heavy atom. The topological polar surface area (TPSA) is 53.0 Å². The molecule has 0 unspecified atom stereocenters. The van der Waals surface area contributed by atoms with Crippen molar-refractivity contribution in [3.63, 3.8) is 0 Å². The lowest BCUT2D eigenvalue weighted by Crippen LogP contribution is -2.47. The van der Waals surface area contributed by atoms with Crippen molar-refractivity contribution in [2.75, 3.05) is 45.2 Å². The van der Waals surface area contributed by atoms with Crippen LogP contribution in [0.5, 0.6) is 0 Å². The van der Waals surface area contributed by atoms with Gasteiger partial charge in [-0.25, -0.2) is 9.98 Å². The number of halogens is 1. The molecule has 1 saturated carbocycles. The number of guanidine groups is 1. The van der Waals surface area contributed by atoms with E-state index in [0.29, 0.717) is 12.6 Å². The van der Waals surface area contributed by atoms with Crippen LogP contribution in [0.15, 0.2) is 23.2 Å². The molecular weight excluding hydrogens is 477 g/mol. The summed E-state index contributed by atoms with van der Waals surface area (Å²) in [4.78, 5) is 13.9. The van der Waals surface area contributed by atoms with Crippen LogP contribution in [-0.2, 0) is 11.3 Å². The number of anilines is 1. The molecule has 1 aromatic rings. The van der Waals surface area contributed by atoms with Crippen molar-refractivity contribution in [1.29, 1.82) is 0 Å². The zero-order chi connectivity index (χ0) is 19.8. The van der Waals surface area contributed by atoms with Crippen molar-refractivity contribution in [3.8, 4) is 0 Å². The second-order valence-electron chi connectivity index (χ2n) is 8.22. The molecule has 3 rings (SSSR count). The Labute approximate surface area is 193 Å². The maximum atomic E-state index is 6.22. The van der Waals surface area contributed by atoms with Crippen molar-refractivity contribution in [2.24, 2.45) is 10.9 Å². The number of rotatable bonds is 7. The molecule has 0 amide bonds. The predicted molar refractivity (Wildman–Crippen MR) is 131 cm³/mol. The number of hydrogen-bond donors (Lipinski definition) is 1. The lowest BCUT2D eigenvalue weighted by Gasteiger charge is -2.34. The van der Waals surface area contributed by atoms with Crippen molar-refractivity contribution >= 4 is 35.8 Å². The summed E-state index contributed by atoms with van der Waals surface area (Å²) in [6, 6.07) is 6.12. The fourth-order valence-corrected chi connectivity index (χ4v) is 4.07. The predicted octanol–water partition coefficient (Wildman–Crippen LogP) is 3.90. The minimum atomic E-state index is 0. The van der Waals surface area contributed by atoms with E-state index in [1.165, 1.54) is 25.7 Å². The summed E-state index contributed by atoms with van der Waals surface area (Å²) < 4.78 is 6.22. The first-order chi connectivity index (χ1) is 13.7. The molecule has 0 atom stereocenters. The number of nitrogens with one attached hydrogen (secondary N) is 1. The fourth-order valence-electron chi connectivity index (χ4n) is 4.07. The maximum Gasteiger partial charge on any atom is 0.194 e. The molecule has 6 nitrogen and oxygen atoms in total. The molecule has 0 spiro atoms. The quantitative estimate of drug-likeness (QED) is 0.339. The van der Waals surface area contributed by atoms with E-state index in [4.69, 9.17) is 9.73 Å². The molecule has 7 heteroatoms. The molecular formula is C22H38IN5O. The summed E-state index contributed by atoms with van der Waals surface area (Å²) in [6.07, 6.45) is 8.09. The second kappa shape index (κ2) is 12.6. The van der Waals surface area contributed by atoms with Gasteiger partial charge < -0.3 is 19.9 Å². The molecule has 1 N–H and O–H groups in total. The van der Waals surface area contributed by atoms with Gasteiger partial charge in [-0.05, 0) is 50.7 Å². The van der Waals surface area contributed by atoms with Crippen LogP contribution in [0.3, 0.4) is 0 Å². The van der Waals surface area contributed by atoms with Gasteiger partial charge in [0.05, 0.1) is 18.3 Å². The van der Waals surface area contributed by atoms with E-state index in [9.17, 15) is 0 Å². The Bertz CT molecular complexity index is 625. The summed E-state index contributed by atoms with van der Waals surface area (Å²) in [5.41, 5.74) is 0.997. The summed E-state index contributed by atoms with van der Waals surface area (Å²) in [5.74, 6) is 2.77. The standard InChI is InChI=1S/C22H37N5O.HI/c1-4-23-22(24-16-19-10-7-11-21(25-19)26(2)3)27-14-12-20(13-15-27)28-17-18-8-5-6-9-18;/h7,10-11,18,20H,4-6,8-9,12-17H2,1-3H3,(H,23,24);1H. The maximum absolute atomic E-state index is 6.22. The van der Waals surface area contributed by atoms with Gasteiger partial charge in [0, 0.05) is 40.3 Å². The molecule has 164 valence electrons. The summed E-state index contributed by atoms with van der Waals surface area (Å²) in [6.45, 7) is 6.58. The van der Waals surface area contributed by atoms with Gasteiger partial charge in [-0.1, -0.05) is 18.9 Å². The molecule has 2 fully saturated rings. The van der Waals surface area contributed by atoms with E-state index in [0.717, 1.165) is 62.5 Å². The van der Waals surface area contributed by atoms with Crippen LogP contribution in [0.2, 0.25) is 0 Å². The van der Waals surface area contributed by atoms with Crippen LogP contribution in [0.1, 0.15) is 51.1 Å².